The van der Waals surface area contributed by atoms with Gasteiger partial charge < -0.3 is 10.6 Å². The Kier molecular flexibility index (Phi) is 6.13. The highest BCUT2D eigenvalue weighted by atomic mass is 35.5. The first-order valence-electron chi connectivity index (χ1n) is 6.33. The van der Waals surface area contributed by atoms with Gasteiger partial charge in [0.1, 0.15) is 11.6 Å². The van der Waals surface area contributed by atoms with Crippen LogP contribution in [0, 0.1) is 11.6 Å². The molecule has 2 N–H and O–H groups in total. The van der Waals surface area contributed by atoms with E-state index >= 15 is 0 Å². The smallest absolute Gasteiger partial charge is 0.345 e. The van der Waals surface area contributed by atoms with E-state index in [1.54, 1.807) is 0 Å². The second-order valence-electron chi connectivity index (χ2n) is 4.90. The molecule has 3 nitrogen and oxygen atoms in total. The van der Waals surface area contributed by atoms with E-state index in [0.717, 1.165) is 18.2 Å². The summed E-state index contributed by atoms with van der Waals surface area (Å²) in [7, 11) is 0. The van der Waals surface area contributed by atoms with Crippen molar-refractivity contribution in [1.82, 2.24) is 10.6 Å². The van der Waals surface area contributed by atoms with E-state index < -0.39 is 35.8 Å². The van der Waals surface area contributed by atoms with Crippen molar-refractivity contribution < 1.29 is 26.7 Å². The number of rotatable bonds is 2. The molecule has 1 saturated heterocycles. The second kappa shape index (κ2) is 7.23. The quantitative estimate of drug-likeness (QED) is 0.810. The number of benzene rings is 1. The Hall–Kier alpha value is -1.41. The molecular weight excluding hydrogens is 331 g/mol. The maximum atomic E-state index is 13.2. The lowest BCUT2D eigenvalue weighted by atomic mass is 9.93. The second-order valence-corrected chi connectivity index (χ2v) is 4.90. The lowest BCUT2D eigenvalue weighted by Crippen LogP contribution is -2.48. The highest BCUT2D eigenvalue weighted by molar-refractivity contribution is 5.85. The van der Waals surface area contributed by atoms with Crippen molar-refractivity contribution in [2.75, 3.05) is 6.54 Å². The fourth-order valence-corrected chi connectivity index (χ4v) is 2.35. The third kappa shape index (κ3) is 4.81. The molecule has 0 unspecified atom stereocenters. The topological polar surface area (TPSA) is 41.1 Å². The summed E-state index contributed by atoms with van der Waals surface area (Å²) in [5.41, 5.74) is 0.304. The molecule has 1 amide bonds. The van der Waals surface area contributed by atoms with E-state index in [1.165, 1.54) is 0 Å². The van der Waals surface area contributed by atoms with Crippen LogP contribution in [0.5, 0.6) is 0 Å². The molecule has 0 aromatic heterocycles. The number of alkyl halides is 3. The Morgan fingerprint density at radius 3 is 2.32 bits per heavy atom. The van der Waals surface area contributed by atoms with Crippen molar-refractivity contribution >= 4 is 18.3 Å². The molecule has 0 radical (unpaired) electrons. The van der Waals surface area contributed by atoms with Crippen LogP contribution in [0.4, 0.5) is 22.0 Å². The number of carbonyl (C=O) groups is 1. The van der Waals surface area contributed by atoms with Gasteiger partial charge in [-0.05, 0) is 37.1 Å². The average molecular weight is 345 g/mol. The highest BCUT2D eigenvalue weighted by Gasteiger charge is 2.40. The molecular formula is C13H14ClF5N2O. The van der Waals surface area contributed by atoms with Crippen LogP contribution in [-0.4, -0.2) is 24.7 Å². The number of carbonyl (C=O) groups excluding carboxylic acids is 1. The average Bonchev–Trinajstić information content (AvgIpc) is 2.36. The summed E-state index contributed by atoms with van der Waals surface area (Å²) in [4.78, 5) is 10.9. The number of nitrogens with one attached hydrogen (secondary N) is 2. The van der Waals surface area contributed by atoms with Crippen molar-refractivity contribution in [1.29, 1.82) is 0 Å². The Morgan fingerprint density at radius 2 is 1.77 bits per heavy atom. The molecule has 2 atom stereocenters. The third-order valence-corrected chi connectivity index (χ3v) is 3.28. The van der Waals surface area contributed by atoms with Crippen LogP contribution in [0.3, 0.4) is 0 Å². The van der Waals surface area contributed by atoms with Crippen molar-refractivity contribution in [3.63, 3.8) is 0 Å². The SMILES string of the molecule is Cl.O=C(N[C@@H]1CCN[C@H](c2cc(F)cc(F)c2)C1)C(F)(F)F. The largest absolute Gasteiger partial charge is 0.471 e. The molecule has 124 valence electrons. The molecule has 0 aliphatic carbocycles. The van der Waals surface area contributed by atoms with Crippen LogP contribution < -0.4 is 10.6 Å². The van der Waals surface area contributed by atoms with Crippen LogP contribution in [0.2, 0.25) is 0 Å². The Bertz CT molecular complexity index is 517. The zero-order valence-electron chi connectivity index (χ0n) is 11.2. The number of hydrogen-bond donors (Lipinski definition) is 2. The van der Waals surface area contributed by atoms with Gasteiger partial charge in [-0.1, -0.05) is 0 Å². The normalized spacial score (nSPS) is 21.9. The number of piperidine rings is 1. The standard InChI is InChI=1S/C13H13F5N2O.ClH/c14-8-3-7(4-9(15)5-8)11-6-10(1-2-19-11)20-12(21)13(16,17)18;/h3-5,10-11,19H,1-2,6H2,(H,20,21);1H/t10-,11+;/m1./s1. The summed E-state index contributed by atoms with van der Waals surface area (Å²) in [5, 5.41) is 4.86. The lowest BCUT2D eigenvalue weighted by Gasteiger charge is -2.31. The lowest BCUT2D eigenvalue weighted by molar-refractivity contribution is -0.174. The van der Waals surface area contributed by atoms with Crippen LogP contribution in [0.25, 0.3) is 0 Å². The molecule has 1 aromatic rings. The van der Waals surface area contributed by atoms with Gasteiger partial charge in [0.15, 0.2) is 0 Å². The van der Waals surface area contributed by atoms with Gasteiger partial charge in [0, 0.05) is 18.2 Å². The van der Waals surface area contributed by atoms with Crippen LogP contribution in [0.1, 0.15) is 24.4 Å². The number of amides is 1. The van der Waals surface area contributed by atoms with Crippen LogP contribution >= 0.6 is 12.4 Å². The first-order valence-corrected chi connectivity index (χ1v) is 6.33. The molecule has 0 spiro atoms. The van der Waals surface area contributed by atoms with Crippen molar-refractivity contribution in [2.24, 2.45) is 0 Å². The highest BCUT2D eigenvalue weighted by Crippen LogP contribution is 2.25. The Labute approximate surface area is 129 Å². The summed E-state index contributed by atoms with van der Waals surface area (Å²) >= 11 is 0. The predicted molar refractivity (Wildman–Crippen MR) is 71.6 cm³/mol. The van der Waals surface area contributed by atoms with E-state index in [1.807, 2.05) is 5.32 Å². The molecule has 1 aliphatic rings. The van der Waals surface area contributed by atoms with E-state index in [2.05, 4.69) is 5.32 Å². The zero-order valence-corrected chi connectivity index (χ0v) is 12.0. The van der Waals surface area contributed by atoms with E-state index in [9.17, 15) is 26.7 Å². The summed E-state index contributed by atoms with van der Waals surface area (Å²) in [6.07, 6.45) is -4.49. The van der Waals surface area contributed by atoms with Gasteiger partial charge in [-0.2, -0.15) is 13.2 Å². The van der Waals surface area contributed by atoms with Gasteiger partial charge >= 0.3 is 12.1 Å². The molecule has 22 heavy (non-hydrogen) atoms. The minimum Gasteiger partial charge on any atom is -0.345 e. The minimum atomic E-state index is -4.94. The maximum Gasteiger partial charge on any atom is 0.471 e. The summed E-state index contributed by atoms with van der Waals surface area (Å²) in [6.45, 7) is 0.339. The molecule has 1 aliphatic heterocycles. The molecule has 2 rings (SSSR count). The zero-order chi connectivity index (χ0) is 15.6. The first-order chi connectivity index (χ1) is 9.75. The maximum absolute atomic E-state index is 13.2. The van der Waals surface area contributed by atoms with Gasteiger partial charge in [-0.25, -0.2) is 8.78 Å². The number of halogens is 6. The Morgan fingerprint density at radius 1 is 1.18 bits per heavy atom. The van der Waals surface area contributed by atoms with Crippen molar-refractivity contribution in [3.8, 4) is 0 Å². The summed E-state index contributed by atoms with van der Waals surface area (Å²) in [6, 6.07) is 1.75. The summed E-state index contributed by atoms with van der Waals surface area (Å²) < 4.78 is 62.9. The van der Waals surface area contributed by atoms with Gasteiger partial charge in [0.05, 0.1) is 0 Å². The molecule has 0 bridgehead atoms. The number of hydrogen-bond acceptors (Lipinski definition) is 2. The van der Waals surface area contributed by atoms with E-state index in [4.69, 9.17) is 0 Å². The predicted octanol–water partition coefficient (Wildman–Crippen LogP) is 2.86. The van der Waals surface area contributed by atoms with Crippen molar-refractivity contribution in [2.45, 2.75) is 31.1 Å². The van der Waals surface area contributed by atoms with Gasteiger partial charge in [-0.15, -0.1) is 12.4 Å². The molecule has 1 aromatic carbocycles. The van der Waals surface area contributed by atoms with Crippen LogP contribution in [0.15, 0.2) is 18.2 Å². The van der Waals surface area contributed by atoms with Crippen molar-refractivity contribution in [3.05, 3.63) is 35.4 Å². The van der Waals surface area contributed by atoms with Gasteiger partial charge in [0.25, 0.3) is 0 Å². The van der Waals surface area contributed by atoms with Crippen LogP contribution in [-0.2, 0) is 4.79 Å². The fourth-order valence-electron chi connectivity index (χ4n) is 2.35. The fraction of sp³-hybridized carbons (Fsp3) is 0.462. The van der Waals surface area contributed by atoms with E-state index in [-0.39, 0.29) is 18.8 Å². The minimum absolute atomic E-state index is 0. The van der Waals surface area contributed by atoms with E-state index in [0.29, 0.717) is 18.5 Å². The monoisotopic (exact) mass is 344 g/mol. The molecule has 9 heteroatoms. The van der Waals surface area contributed by atoms with Gasteiger partial charge in [0.2, 0.25) is 0 Å². The third-order valence-electron chi connectivity index (χ3n) is 3.28. The Balaban J connectivity index is 0.00000242. The molecule has 0 saturated carbocycles. The summed E-state index contributed by atoms with van der Waals surface area (Å²) in [5.74, 6) is -3.51. The first kappa shape index (κ1) is 18.6. The van der Waals surface area contributed by atoms with Gasteiger partial charge in [-0.3, -0.25) is 4.79 Å². The molecule has 1 heterocycles. The molecule has 1 fully saturated rings.